The van der Waals surface area contributed by atoms with E-state index in [2.05, 4.69) is 0 Å². The first-order valence-electron chi connectivity index (χ1n) is 5.82. The van der Waals surface area contributed by atoms with Crippen molar-refractivity contribution < 1.29 is 14.2 Å². The van der Waals surface area contributed by atoms with E-state index in [1.165, 1.54) is 0 Å². The van der Waals surface area contributed by atoms with Gasteiger partial charge in [0, 0.05) is 6.54 Å². The topological polar surface area (TPSA) is 53.7 Å². The fourth-order valence-electron chi connectivity index (χ4n) is 1.10. The summed E-state index contributed by atoms with van der Waals surface area (Å²) in [5.74, 6) is 0. The van der Waals surface area contributed by atoms with Crippen LogP contribution < -0.4 is 5.73 Å². The van der Waals surface area contributed by atoms with E-state index in [4.69, 9.17) is 19.9 Å². The minimum Gasteiger partial charge on any atom is -0.376 e. The predicted molar refractivity (Wildman–Crippen MR) is 65.6 cm³/mol. The summed E-state index contributed by atoms with van der Waals surface area (Å²) in [6, 6.07) is 0. The Hall–Kier alpha value is -0.160. The molecule has 0 amide bonds. The van der Waals surface area contributed by atoms with Crippen LogP contribution in [0.5, 0.6) is 0 Å². The maximum Gasteiger partial charge on any atom is 0.0859 e. The molecule has 0 radical (unpaired) electrons. The molecule has 0 bridgehead atoms. The highest BCUT2D eigenvalue weighted by atomic mass is 16.6. The molecule has 0 aliphatic heterocycles. The van der Waals surface area contributed by atoms with E-state index < -0.39 is 0 Å². The molecule has 0 aromatic rings. The van der Waals surface area contributed by atoms with Crippen LogP contribution >= 0.6 is 0 Å². The molecule has 0 aromatic heterocycles. The van der Waals surface area contributed by atoms with Crippen LogP contribution in [0.1, 0.15) is 34.6 Å². The van der Waals surface area contributed by atoms with Crippen LogP contribution in [-0.4, -0.2) is 44.2 Å². The third kappa shape index (κ3) is 10.4. The Morgan fingerprint density at radius 1 is 0.875 bits per heavy atom. The standard InChI is InChI=1S/C12H27NO3/c1-11(2,3)15-9-8-14-10-12(4,5)16-7-6-13/h6-10,13H2,1-5H3. The van der Waals surface area contributed by atoms with Gasteiger partial charge in [-0.25, -0.2) is 0 Å². The Labute approximate surface area is 99.4 Å². The molecule has 0 saturated heterocycles. The van der Waals surface area contributed by atoms with E-state index in [9.17, 15) is 0 Å². The summed E-state index contributed by atoms with van der Waals surface area (Å²) in [6.07, 6.45) is 0. The molecule has 0 unspecified atom stereocenters. The summed E-state index contributed by atoms with van der Waals surface area (Å²) in [5.41, 5.74) is 5.00. The largest absolute Gasteiger partial charge is 0.376 e. The summed E-state index contributed by atoms with van der Waals surface area (Å²) < 4.78 is 16.6. The van der Waals surface area contributed by atoms with Crippen molar-refractivity contribution >= 4 is 0 Å². The van der Waals surface area contributed by atoms with Gasteiger partial charge in [0.15, 0.2) is 0 Å². The van der Waals surface area contributed by atoms with Gasteiger partial charge in [-0.15, -0.1) is 0 Å². The number of ether oxygens (including phenoxy) is 3. The number of hydrogen-bond acceptors (Lipinski definition) is 4. The molecular formula is C12H27NO3. The lowest BCUT2D eigenvalue weighted by molar-refractivity contribution is -0.0910. The summed E-state index contributed by atoms with van der Waals surface area (Å²) in [7, 11) is 0. The zero-order valence-electron chi connectivity index (χ0n) is 11.3. The van der Waals surface area contributed by atoms with Crippen molar-refractivity contribution in [3.05, 3.63) is 0 Å². The Morgan fingerprint density at radius 3 is 2.00 bits per heavy atom. The highest BCUT2D eigenvalue weighted by molar-refractivity contribution is 4.67. The summed E-state index contributed by atoms with van der Waals surface area (Å²) >= 11 is 0. The van der Waals surface area contributed by atoms with Crippen molar-refractivity contribution in [2.45, 2.75) is 45.8 Å². The summed E-state index contributed by atoms with van der Waals surface area (Å²) in [4.78, 5) is 0. The third-order valence-corrected chi connectivity index (χ3v) is 1.82. The normalized spacial score (nSPS) is 13.1. The average Bonchev–Trinajstić information content (AvgIpc) is 2.12. The molecule has 0 heterocycles. The van der Waals surface area contributed by atoms with Crippen LogP contribution in [0.25, 0.3) is 0 Å². The van der Waals surface area contributed by atoms with Gasteiger partial charge in [-0.1, -0.05) is 0 Å². The van der Waals surface area contributed by atoms with Gasteiger partial charge in [0.1, 0.15) is 0 Å². The van der Waals surface area contributed by atoms with E-state index >= 15 is 0 Å². The van der Waals surface area contributed by atoms with E-state index in [0.717, 1.165) is 0 Å². The number of nitrogens with two attached hydrogens (primary N) is 1. The smallest absolute Gasteiger partial charge is 0.0859 e. The van der Waals surface area contributed by atoms with Gasteiger partial charge >= 0.3 is 0 Å². The lowest BCUT2D eigenvalue weighted by atomic mass is 10.1. The number of hydrogen-bond donors (Lipinski definition) is 1. The molecule has 0 saturated carbocycles. The lowest BCUT2D eigenvalue weighted by Crippen LogP contribution is -2.33. The SMILES string of the molecule is CC(C)(C)OCCOCC(C)(C)OCCN. The van der Waals surface area contributed by atoms with E-state index in [1.807, 2.05) is 34.6 Å². The summed E-state index contributed by atoms with van der Waals surface area (Å²) in [6.45, 7) is 12.9. The highest BCUT2D eigenvalue weighted by Crippen LogP contribution is 2.10. The van der Waals surface area contributed by atoms with Crippen LogP contribution in [-0.2, 0) is 14.2 Å². The van der Waals surface area contributed by atoms with Crippen molar-refractivity contribution in [1.29, 1.82) is 0 Å². The van der Waals surface area contributed by atoms with Crippen molar-refractivity contribution in [1.82, 2.24) is 0 Å². The Bertz CT molecular complexity index is 176. The molecular weight excluding hydrogens is 206 g/mol. The predicted octanol–water partition coefficient (Wildman–Crippen LogP) is 1.57. The molecule has 0 aromatic carbocycles. The van der Waals surface area contributed by atoms with Gasteiger partial charge in [0.25, 0.3) is 0 Å². The van der Waals surface area contributed by atoms with Crippen molar-refractivity contribution in [2.75, 3.05) is 33.0 Å². The zero-order valence-corrected chi connectivity index (χ0v) is 11.3. The van der Waals surface area contributed by atoms with Gasteiger partial charge in [-0.05, 0) is 34.6 Å². The van der Waals surface area contributed by atoms with Crippen molar-refractivity contribution in [3.63, 3.8) is 0 Å². The minimum absolute atomic E-state index is 0.102. The zero-order chi connectivity index (χ0) is 12.7. The maximum atomic E-state index is 5.54. The van der Waals surface area contributed by atoms with Crippen molar-refractivity contribution in [3.8, 4) is 0 Å². The molecule has 0 aliphatic rings. The Kier molecular flexibility index (Phi) is 7.15. The Balaban J connectivity index is 3.50. The van der Waals surface area contributed by atoms with Crippen LogP contribution in [0, 0.1) is 0 Å². The molecule has 4 nitrogen and oxygen atoms in total. The van der Waals surface area contributed by atoms with Crippen LogP contribution in [0.4, 0.5) is 0 Å². The fourth-order valence-corrected chi connectivity index (χ4v) is 1.10. The molecule has 0 aliphatic carbocycles. The van der Waals surface area contributed by atoms with Crippen molar-refractivity contribution in [2.24, 2.45) is 5.73 Å². The molecule has 4 heteroatoms. The minimum atomic E-state index is -0.277. The quantitative estimate of drug-likeness (QED) is 0.647. The molecule has 0 atom stereocenters. The molecule has 0 fully saturated rings. The van der Waals surface area contributed by atoms with Gasteiger partial charge in [-0.2, -0.15) is 0 Å². The summed E-state index contributed by atoms with van der Waals surface area (Å²) in [5, 5.41) is 0. The van der Waals surface area contributed by atoms with E-state index in [0.29, 0.717) is 33.0 Å². The first-order chi connectivity index (χ1) is 7.27. The lowest BCUT2D eigenvalue weighted by Gasteiger charge is -2.25. The molecule has 0 spiro atoms. The van der Waals surface area contributed by atoms with Crippen LogP contribution in [0.15, 0.2) is 0 Å². The highest BCUT2D eigenvalue weighted by Gasteiger charge is 2.18. The molecule has 2 N–H and O–H groups in total. The van der Waals surface area contributed by atoms with Gasteiger partial charge < -0.3 is 19.9 Å². The third-order valence-electron chi connectivity index (χ3n) is 1.82. The van der Waals surface area contributed by atoms with E-state index in [1.54, 1.807) is 0 Å². The first kappa shape index (κ1) is 15.8. The van der Waals surface area contributed by atoms with E-state index in [-0.39, 0.29) is 11.2 Å². The Morgan fingerprint density at radius 2 is 1.50 bits per heavy atom. The monoisotopic (exact) mass is 233 g/mol. The van der Waals surface area contributed by atoms with Gasteiger partial charge in [0.05, 0.1) is 37.6 Å². The molecule has 16 heavy (non-hydrogen) atoms. The van der Waals surface area contributed by atoms with Crippen LogP contribution in [0.3, 0.4) is 0 Å². The fraction of sp³-hybridized carbons (Fsp3) is 1.00. The number of rotatable bonds is 8. The second kappa shape index (κ2) is 7.22. The van der Waals surface area contributed by atoms with Crippen LogP contribution in [0.2, 0.25) is 0 Å². The average molecular weight is 233 g/mol. The van der Waals surface area contributed by atoms with Gasteiger partial charge in [-0.3, -0.25) is 0 Å². The first-order valence-corrected chi connectivity index (χ1v) is 5.82. The van der Waals surface area contributed by atoms with Gasteiger partial charge in [0.2, 0.25) is 0 Å². The second-order valence-corrected chi connectivity index (χ2v) is 5.41. The maximum absolute atomic E-state index is 5.54. The molecule has 98 valence electrons. The second-order valence-electron chi connectivity index (χ2n) is 5.41. The molecule has 0 rings (SSSR count).